The zero-order chi connectivity index (χ0) is 27.9. The number of likely N-dealkylation sites (tertiary alicyclic amines) is 1. The Hall–Kier alpha value is -3.74. The van der Waals surface area contributed by atoms with Crippen molar-refractivity contribution in [2.45, 2.75) is 31.3 Å². The van der Waals surface area contributed by atoms with Crippen molar-refractivity contribution in [1.82, 2.24) is 4.90 Å². The molecule has 6 rings (SSSR count). The van der Waals surface area contributed by atoms with Gasteiger partial charge in [-0.15, -0.1) is 0 Å². The highest BCUT2D eigenvalue weighted by Gasteiger charge is 2.61. The zero-order valence-corrected chi connectivity index (χ0v) is 23.9. The molecule has 2 aliphatic heterocycles. The van der Waals surface area contributed by atoms with E-state index in [9.17, 15) is 14.4 Å². The number of benzene rings is 4. The van der Waals surface area contributed by atoms with E-state index in [1.165, 1.54) is 4.90 Å². The Morgan fingerprint density at radius 3 is 2.17 bits per heavy atom. The van der Waals surface area contributed by atoms with Crippen molar-refractivity contribution in [1.29, 1.82) is 0 Å². The van der Waals surface area contributed by atoms with Gasteiger partial charge in [-0.3, -0.25) is 19.3 Å². The molecular formula is C33H26BrClN2O3. The molecule has 2 atom stereocenters. The predicted molar refractivity (Wildman–Crippen MR) is 159 cm³/mol. The van der Waals surface area contributed by atoms with Crippen LogP contribution in [0.2, 0.25) is 5.02 Å². The van der Waals surface area contributed by atoms with E-state index in [-0.39, 0.29) is 30.7 Å². The van der Waals surface area contributed by atoms with Crippen LogP contribution in [0.5, 0.6) is 0 Å². The van der Waals surface area contributed by atoms with Gasteiger partial charge < -0.3 is 4.90 Å². The fraction of sp³-hybridized carbons (Fsp3) is 0.182. The minimum absolute atomic E-state index is 0.0426. The highest BCUT2D eigenvalue weighted by Crippen LogP contribution is 2.52. The average molecular weight is 614 g/mol. The van der Waals surface area contributed by atoms with Crippen LogP contribution in [-0.2, 0) is 39.3 Å². The molecule has 0 N–H and O–H groups in total. The second-order valence-corrected chi connectivity index (χ2v) is 11.7. The normalized spacial score (nSPS) is 20.4. The Morgan fingerprint density at radius 1 is 0.750 bits per heavy atom. The molecule has 0 bridgehead atoms. The molecule has 1 saturated heterocycles. The van der Waals surface area contributed by atoms with Gasteiger partial charge in [-0.05, 0) is 52.9 Å². The quantitative estimate of drug-likeness (QED) is 0.218. The standard InChI is InChI=1S/C33H26BrClN2O3/c34-25-16-14-22(15-17-25)19-33(27-18-30(38)37(31(27)39)21-24-10-4-6-12-28(24)35)26-11-5-7-13-29(26)36(32(33)40)20-23-8-2-1-3-9-23/h1-17,27H,18-21H2/t27-,33+/m0/s1. The first-order chi connectivity index (χ1) is 19.4. The molecule has 0 unspecified atom stereocenters. The summed E-state index contributed by atoms with van der Waals surface area (Å²) >= 11 is 9.87. The molecule has 2 heterocycles. The van der Waals surface area contributed by atoms with Gasteiger partial charge in [0.15, 0.2) is 0 Å². The molecule has 3 amide bonds. The lowest BCUT2D eigenvalue weighted by molar-refractivity contribution is -0.142. The highest BCUT2D eigenvalue weighted by molar-refractivity contribution is 9.10. The summed E-state index contributed by atoms with van der Waals surface area (Å²) in [6, 6.07) is 32.5. The van der Waals surface area contributed by atoms with Crippen LogP contribution < -0.4 is 4.90 Å². The Bertz CT molecular complexity index is 1610. The van der Waals surface area contributed by atoms with E-state index in [1.54, 1.807) is 11.0 Å². The van der Waals surface area contributed by atoms with Gasteiger partial charge in [-0.1, -0.05) is 106 Å². The number of carbonyl (C=O) groups is 3. The summed E-state index contributed by atoms with van der Waals surface area (Å²) in [6.07, 6.45) is 0.254. The molecule has 200 valence electrons. The Balaban J connectivity index is 1.46. The summed E-state index contributed by atoms with van der Waals surface area (Å²) < 4.78 is 0.923. The summed E-state index contributed by atoms with van der Waals surface area (Å²) in [5.74, 6) is -1.64. The molecule has 4 aromatic carbocycles. The summed E-state index contributed by atoms with van der Waals surface area (Å²) in [4.78, 5) is 45.4. The maximum atomic E-state index is 14.7. The first-order valence-electron chi connectivity index (χ1n) is 13.2. The topological polar surface area (TPSA) is 57.7 Å². The van der Waals surface area contributed by atoms with Crippen LogP contribution in [-0.4, -0.2) is 22.6 Å². The molecular weight excluding hydrogens is 588 g/mol. The van der Waals surface area contributed by atoms with E-state index >= 15 is 0 Å². The van der Waals surface area contributed by atoms with Crippen LogP contribution in [0.15, 0.2) is 108 Å². The van der Waals surface area contributed by atoms with Crippen molar-refractivity contribution in [2.75, 3.05) is 4.90 Å². The molecule has 0 spiro atoms. The Morgan fingerprint density at radius 2 is 1.43 bits per heavy atom. The minimum Gasteiger partial charge on any atom is -0.307 e. The van der Waals surface area contributed by atoms with Gasteiger partial charge in [0.25, 0.3) is 0 Å². The van der Waals surface area contributed by atoms with Crippen LogP contribution in [0.25, 0.3) is 0 Å². The molecule has 0 radical (unpaired) electrons. The van der Waals surface area contributed by atoms with E-state index in [2.05, 4.69) is 15.9 Å². The zero-order valence-electron chi connectivity index (χ0n) is 21.6. The molecule has 4 aromatic rings. The third-order valence-electron chi connectivity index (χ3n) is 8.01. The molecule has 0 aromatic heterocycles. The van der Waals surface area contributed by atoms with E-state index in [1.807, 2.05) is 97.1 Å². The smallest absolute Gasteiger partial charge is 0.239 e. The second kappa shape index (κ2) is 10.7. The number of hydrogen-bond donors (Lipinski definition) is 0. The van der Waals surface area contributed by atoms with E-state index < -0.39 is 11.3 Å². The largest absolute Gasteiger partial charge is 0.307 e. The van der Waals surface area contributed by atoms with Crippen molar-refractivity contribution in [3.63, 3.8) is 0 Å². The van der Waals surface area contributed by atoms with Crippen molar-refractivity contribution >= 4 is 50.9 Å². The second-order valence-electron chi connectivity index (χ2n) is 10.3. The first kappa shape index (κ1) is 26.5. The molecule has 1 fully saturated rings. The van der Waals surface area contributed by atoms with E-state index in [0.29, 0.717) is 23.6 Å². The van der Waals surface area contributed by atoms with Crippen molar-refractivity contribution < 1.29 is 14.4 Å². The van der Waals surface area contributed by atoms with Gasteiger partial charge in [0, 0.05) is 21.6 Å². The Kier molecular flexibility index (Phi) is 7.07. The number of rotatable bonds is 7. The maximum Gasteiger partial charge on any atom is 0.239 e. The number of imide groups is 1. The molecule has 7 heteroatoms. The van der Waals surface area contributed by atoms with Crippen molar-refractivity contribution in [3.8, 4) is 0 Å². The van der Waals surface area contributed by atoms with Gasteiger partial charge in [-0.2, -0.15) is 0 Å². The summed E-state index contributed by atoms with van der Waals surface area (Å²) in [5.41, 5.74) is 2.92. The minimum atomic E-state index is -1.23. The lowest BCUT2D eigenvalue weighted by Gasteiger charge is -2.33. The lowest BCUT2D eigenvalue weighted by atomic mass is 9.66. The number of fused-ring (bicyclic) bond motifs is 1. The highest BCUT2D eigenvalue weighted by atomic mass is 79.9. The van der Waals surface area contributed by atoms with Gasteiger partial charge >= 0.3 is 0 Å². The lowest BCUT2D eigenvalue weighted by Crippen LogP contribution is -2.49. The number of hydrogen-bond acceptors (Lipinski definition) is 3. The number of para-hydroxylation sites is 1. The molecule has 40 heavy (non-hydrogen) atoms. The van der Waals surface area contributed by atoms with Gasteiger partial charge in [0.1, 0.15) is 0 Å². The van der Waals surface area contributed by atoms with Crippen LogP contribution in [0, 0.1) is 5.92 Å². The number of nitrogens with zero attached hydrogens (tertiary/aromatic N) is 2. The maximum absolute atomic E-state index is 14.7. The summed E-state index contributed by atoms with van der Waals surface area (Å²) in [5, 5.41) is 0.493. The third kappa shape index (κ3) is 4.55. The van der Waals surface area contributed by atoms with Crippen LogP contribution in [0.3, 0.4) is 0 Å². The van der Waals surface area contributed by atoms with Crippen molar-refractivity contribution in [3.05, 3.63) is 135 Å². The number of amides is 3. The average Bonchev–Trinajstić information content (AvgIpc) is 3.38. The van der Waals surface area contributed by atoms with E-state index in [4.69, 9.17) is 11.6 Å². The SMILES string of the molecule is O=C1C[C@H]([C@]2(Cc3ccc(Br)cc3)C(=O)N(Cc3ccccc3)c3ccccc32)C(=O)N1Cc1ccccc1Cl. The molecule has 5 nitrogen and oxygen atoms in total. The van der Waals surface area contributed by atoms with Crippen LogP contribution >= 0.6 is 27.5 Å². The first-order valence-corrected chi connectivity index (χ1v) is 14.3. The number of anilines is 1. The van der Waals surface area contributed by atoms with Crippen LogP contribution in [0.1, 0.15) is 28.7 Å². The summed E-state index contributed by atoms with van der Waals surface area (Å²) in [6.45, 7) is 0.447. The molecule has 2 aliphatic rings. The fourth-order valence-corrected chi connectivity index (χ4v) is 6.52. The summed E-state index contributed by atoms with van der Waals surface area (Å²) in [7, 11) is 0. The van der Waals surface area contributed by atoms with Gasteiger partial charge in [-0.25, -0.2) is 0 Å². The van der Waals surface area contributed by atoms with Gasteiger partial charge in [0.2, 0.25) is 17.7 Å². The monoisotopic (exact) mass is 612 g/mol. The Labute approximate surface area is 246 Å². The number of carbonyl (C=O) groups excluding carboxylic acids is 3. The predicted octanol–water partition coefficient (Wildman–Crippen LogP) is 6.71. The van der Waals surface area contributed by atoms with Gasteiger partial charge in [0.05, 0.1) is 24.4 Å². The van der Waals surface area contributed by atoms with E-state index in [0.717, 1.165) is 26.9 Å². The molecule has 0 aliphatic carbocycles. The third-order valence-corrected chi connectivity index (χ3v) is 8.90. The molecule has 0 saturated carbocycles. The fourth-order valence-electron chi connectivity index (χ4n) is 6.06. The van der Waals surface area contributed by atoms with Crippen LogP contribution in [0.4, 0.5) is 5.69 Å². The number of halogens is 2. The van der Waals surface area contributed by atoms with Crippen molar-refractivity contribution in [2.24, 2.45) is 5.92 Å².